The first kappa shape index (κ1) is 15.0. The fourth-order valence-electron chi connectivity index (χ4n) is 2.45. The summed E-state index contributed by atoms with van der Waals surface area (Å²) in [7, 11) is 0. The number of fused-ring (bicyclic) bond motifs is 1. The number of nitrogens with zero attached hydrogens (tertiary/aromatic N) is 1. The zero-order chi connectivity index (χ0) is 16.4. The maximum Gasteiger partial charge on any atom is 0.276 e. The van der Waals surface area contributed by atoms with Crippen molar-refractivity contribution in [3.63, 3.8) is 0 Å². The molecule has 0 aliphatic heterocycles. The second-order valence-electron chi connectivity index (χ2n) is 5.68. The molecular formula is C18H17N3O2. The van der Waals surface area contributed by atoms with Crippen molar-refractivity contribution in [2.45, 2.75) is 19.8 Å². The number of aromatic amines is 1. The van der Waals surface area contributed by atoms with Crippen LogP contribution in [0.2, 0.25) is 0 Å². The molecule has 23 heavy (non-hydrogen) atoms. The lowest BCUT2D eigenvalue weighted by molar-refractivity contribution is 0.102. The SMILES string of the molecule is CC(C)c1cccc(NC(=O)c2n[nH]c(=O)c3ccccc23)c1. The molecule has 3 rings (SSSR count). The van der Waals surface area contributed by atoms with E-state index in [1.807, 2.05) is 24.3 Å². The smallest absolute Gasteiger partial charge is 0.276 e. The molecule has 0 aliphatic carbocycles. The minimum absolute atomic E-state index is 0.204. The molecule has 3 aromatic rings. The number of hydrogen-bond acceptors (Lipinski definition) is 3. The Hall–Kier alpha value is -2.95. The molecule has 0 radical (unpaired) electrons. The van der Waals surface area contributed by atoms with E-state index >= 15 is 0 Å². The van der Waals surface area contributed by atoms with Crippen molar-refractivity contribution in [3.05, 3.63) is 70.1 Å². The van der Waals surface area contributed by atoms with Gasteiger partial charge in [-0.1, -0.05) is 44.2 Å². The summed E-state index contributed by atoms with van der Waals surface area (Å²) < 4.78 is 0. The first-order chi connectivity index (χ1) is 11.1. The quantitative estimate of drug-likeness (QED) is 0.779. The lowest BCUT2D eigenvalue weighted by Gasteiger charge is -2.10. The van der Waals surface area contributed by atoms with Crippen molar-refractivity contribution in [2.75, 3.05) is 5.32 Å². The molecule has 0 bridgehead atoms. The Labute approximate surface area is 133 Å². The van der Waals surface area contributed by atoms with Gasteiger partial charge in [-0.15, -0.1) is 0 Å². The number of benzene rings is 2. The van der Waals surface area contributed by atoms with Gasteiger partial charge in [0.1, 0.15) is 0 Å². The van der Waals surface area contributed by atoms with E-state index in [1.54, 1.807) is 24.3 Å². The standard InChI is InChI=1S/C18H17N3O2/c1-11(2)12-6-5-7-13(10-12)19-18(23)16-14-8-3-4-9-15(14)17(22)21-20-16/h3-11H,1-2H3,(H,19,23)(H,21,22). The fourth-order valence-corrected chi connectivity index (χ4v) is 2.45. The monoisotopic (exact) mass is 307 g/mol. The van der Waals surface area contributed by atoms with E-state index in [0.717, 1.165) is 5.56 Å². The molecule has 5 nitrogen and oxygen atoms in total. The first-order valence-corrected chi connectivity index (χ1v) is 7.45. The highest BCUT2D eigenvalue weighted by atomic mass is 16.2. The zero-order valence-electron chi connectivity index (χ0n) is 13.0. The third-order valence-electron chi connectivity index (χ3n) is 3.72. The second-order valence-corrected chi connectivity index (χ2v) is 5.68. The van der Waals surface area contributed by atoms with Crippen LogP contribution >= 0.6 is 0 Å². The van der Waals surface area contributed by atoms with Crippen LogP contribution in [-0.4, -0.2) is 16.1 Å². The molecule has 0 fully saturated rings. The number of carbonyl (C=O) groups excluding carboxylic acids is 1. The molecule has 5 heteroatoms. The van der Waals surface area contributed by atoms with Crippen LogP contribution in [-0.2, 0) is 0 Å². The summed E-state index contributed by atoms with van der Waals surface area (Å²) in [6, 6.07) is 14.6. The van der Waals surface area contributed by atoms with Crippen LogP contribution in [0.5, 0.6) is 0 Å². The van der Waals surface area contributed by atoms with Gasteiger partial charge in [0.2, 0.25) is 0 Å². The minimum Gasteiger partial charge on any atom is -0.321 e. The maximum absolute atomic E-state index is 12.5. The van der Waals surface area contributed by atoms with Crippen LogP contribution in [0.25, 0.3) is 10.8 Å². The molecule has 2 N–H and O–H groups in total. The largest absolute Gasteiger partial charge is 0.321 e. The summed E-state index contributed by atoms with van der Waals surface area (Å²) in [5, 5.41) is 10.1. The summed E-state index contributed by atoms with van der Waals surface area (Å²) in [5.41, 5.74) is 1.74. The highest BCUT2D eigenvalue weighted by molar-refractivity contribution is 6.11. The Morgan fingerprint density at radius 3 is 2.57 bits per heavy atom. The highest BCUT2D eigenvalue weighted by Crippen LogP contribution is 2.20. The van der Waals surface area contributed by atoms with Gasteiger partial charge < -0.3 is 5.32 Å². The van der Waals surface area contributed by atoms with E-state index in [1.165, 1.54) is 0 Å². The van der Waals surface area contributed by atoms with Crippen molar-refractivity contribution in [2.24, 2.45) is 0 Å². The summed E-state index contributed by atoms with van der Waals surface area (Å²) in [6.07, 6.45) is 0. The molecule has 0 spiro atoms. The molecule has 2 aromatic carbocycles. The molecule has 116 valence electrons. The molecule has 1 heterocycles. The first-order valence-electron chi connectivity index (χ1n) is 7.45. The Bertz CT molecular complexity index is 929. The van der Waals surface area contributed by atoms with E-state index in [2.05, 4.69) is 29.4 Å². The third-order valence-corrected chi connectivity index (χ3v) is 3.72. The third kappa shape index (κ3) is 2.99. The number of nitrogens with one attached hydrogen (secondary N) is 2. The number of rotatable bonds is 3. The van der Waals surface area contributed by atoms with Crippen molar-refractivity contribution in [3.8, 4) is 0 Å². The molecule has 0 unspecified atom stereocenters. The van der Waals surface area contributed by atoms with Gasteiger partial charge in [0, 0.05) is 11.1 Å². The number of hydrogen-bond donors (Lipinski definition) is 2. The Balaban J connectivity index is 1.97. The van der Waals surface area contributed by atoms with Crippen molar-refractivity contribution in [1.29, 1.82) is 0 Å². The van der Waals surface area contributed by atoms with Crippen molar-refractivity contribution >= 4 is 22.4 Å². The fraction of sp³-hybridized carbons (Fsp3) is 0.167. The molecule has 1 amide bonds. The van der Waals surface area contributed by atoms with E-state index < -0.39 is 0 Å². The normalized spacial score (nSPS) is 10.9. The van der Waals surface area contributed by atoms with Crippen LogP contribution in [0, 0.1) is 0 Å². The predicted molar refractivity (Wildman–Crippen MR) is 90.8 cm³/mol. The number of aromatic nitrogens is 2. The lowest BCUT2D eigenvalue weighted by atomic mass is 10.0. The second kappa shape index (κ2) is 6.04. The van der Waals surface area contributed by atoms with Crippen LogP contribution in [0.15, 0.2) is 53.3 Å². The van der Waals surface area contributed by atoms with E-state index in [4.69, 9.17) is 0 Å². The van der Waals surface area contributed by atoms with Crippen LogP contribution in [0.1, 0.15) is 35.8 Å². The molecular weight excluding hydrogens is 290 g/mol. The average Bonchev–Trinajstić information content (AvgIpc) is 2.55. The minimum atomic E-state index is -0.349. The Kier molecular flexibility index (Phi) is 3.93. The number of amides is 1. The summed E-state index contributed by atoms with van der Waals surface area (Å²) in [4.78, 5) is 24.3. The molecule has 0 atom stereocenters. The average molecular weight is 307 g/mol. The van der Waals surface area contributed by atoms with Crippen LogP contribution in [0.4, 0.5) is 5.69 Å². The summed E-state index contributed by atoms with van der Waals surface area (Å²) >= 11 is 0. The Morgan fingerprint density at radius 2 is 1.83 bits per heavy atom. The van der Waals surface area contributed by atoms with Gasteiger partial charge in [0.05, 0.1) is 5.39 Å². The van der Waals surface area contributed by atoms with Gasteiger partial charge in [0.25, 0.3) is 11.5 Å². The Morgan fingerprint density at radius 1 is 1.09 bits per heavy atom. The van der Waals surface area contributed by atoms with Crippen LogP contribution in [0.3, 0.4) is 0 Å². The summed E-state index contributed by atoms with van der Waals surface area (Å²) in [6.45, 7) is 4.19. The van der Waals surface area contributed by atoms with Gasteiger partial charge in [0.15, 0.2) is 5.69 Å². The predicted octanol–water partition coefficient (Wildman–Crippen LogP) is 3.30. The van der Waals surface area contributed by atoms with E-state index in [-0.39, 0.29) is 17.2 Å². The maximum atomic E-state index is 12.5. The van der Waals surface area contributed by atoms with Gasteiger partial charge in [-0.3, -0.25) is 9.59 Å². The number of carbonyl (C=O) groups is 1. The van der Waals surface area contributed by atoms with Crippen LogP contribution < -0.4 is 10.9 Å². The molecule has 1 aromatic heterocycles. The summed E-state index contributed by atoms with van der Waals surface area (Å²) in [5.74, 6) is 0.0252. The van der Waals surface area contributed by atoms with E-state index in [9.17, 15) is 9.59 Å². The molecule has 0 saturated carbocycles. The molecule has 0 saturated heterocycles. The van der Waals surface area contributed by atoms with Gasteiger partial charge >= 0.3 is 0 Å². The highest BCUT2D eigenvalue weighted by Gasteiger charge is 2.14. The van der Waals surface area contributed by atoms with Crippen molar-refractivity contribution < 1.29 is 4.79 Å². The van der Waals surface area contributed by atoms with Crippen molar-refractivity contribution in [1.82, 2.24) is 10.2 Å². The lowest BCUT2D eigenvalue weighted by Crippen LogP contribution is -2.19. The number of anilines is 1. The van der Waals surface area contributed by atoms with Gasteiger partial charge in [-0.05, 0) is 29.7 Å². The van der Waals surface area contributed by atoms with Gasteiger partial charge in [-0.25, -0.2) is 5.10 Å². The van der Waals surface area contributed by atoms with Gasteiger partial charge in [-0.2, -0.15) is 5.10 Å². The topological polar surface area (TPSA) is 74.8 Å². The number of H-pyrrole nitrogens is 1. The molecule has 0 aliphatic rings. The van der Waals surface area contributed by atoms with E-state index in [0.29, 0.717) is 22.4 Å². The zero-order valence-corrected chi connectivity index (χ0v) is 13.0.